The van der Waals surface area contributed by atoms with E-state index >= 15 is 0 Å². The molecule has 0 amide bonds. The van der Waals surface area contributed by atoms with Gasteiger partial charge in [0.25, 0.3) is 0 Å². The Kier molecular flexibility index (Phi) is 4.66. The summed E-state index contributed by atoms with van der Waals surface area (Å²) in [4.78, 5) is 15.9. The van der Waals surface area contributed by atoms with Gasteiger partial charge in [0.05, 0.1) is 6.10 Å². The molecule has 0 saturated carbocycles. The van der Waals surface area contributed by atoms with E-state index in [1.54, 1.807) is 36.7 Å². The zero-order valence-electron chi connectivity index (χ0n) is 11.6. The fourth-order valence-electron chi connectivity index (χ4n) is 1.75. The molecule has 2 rings (SSSR count). The molecule has 3 heteroatoms. The topological polar surface area (TPSA) is 39.2 Å². The van der Waals surface area contributed by atoms with Crippen molar-refractivity contribution >= 4 is 11.9 Å². The molecular weight excluding hydrogens is 250 g/mol. The second-order valence-corrected chi connectivity index (χ2v) is 4.64. The Balaban J connectivity index is 2.17. The van der Waals surface area contributed by atoms with Crippen molar-refractivity contribution in [1.82, 2.24) is 4.98 Å². The summed E-state index contributed by atoms with van der Waals surface area (Å²) in [5, 5.41) is 0. The zero-order valence-corrected chi connectivity index (χ0v) is 11.6. The van der Waals surface area contributed by atoms with Crippen molar-refractivity contribution in [2.75, 3.05) is 0 Å². The number of rotatable bonds is 5. The van der Waals surface area contributed by atoms with Gasteiger partial charge in [0.15, 0.2) is 5.78 Å². The van der Waals surface area contributed by atoms with Gasteiger partial charge in [0.1, 0.15) is 5.75 Å². The van der Waals surface area contributed by atoms with Crippen LogP contribution in [0.1, 0.15) is 29.8 Å². The third kappa shape index (κ3) is 3.79. The average Bonchev–Trinajstić information content (AvgIpc) is 2.46. The van der Waals surface area contributed by atoms with Gasteiger partial charge >= 0.3 is 0 Å². The van der Waals surface area contributed by atoms with E-state index in [0.29, 0.717) is 5.56 Å². The second kappa shape index (κ2) is 6.66. The molecule has 102 valence electrons. The molecule has 0 radical (unpaired) electrons. The summed E-state index contributed by atoms with van der Waals surface area (Å²) in [5.74, 6) is 0.704. The first-order chi connectivity index (χ1) is 9.66. The maximum atomic E-state index is 12.0. The molecule has 0 bridgehead atoms. The number of hydrogen-bond donors (Lipinski definition) is 0. The van der Waals surface area contributed by atoms with Crippen LogP contribution in [0.4, 0.5) is 0 Å². The third-order valence-electron chi connectivity index (χ3n) is 2.64. The van der Waals surface area contributed by atoms with Crippen molar-refractivity contribution in [3.8, 4) is 5.75 Å². The Labute approximate surface area is 118 Å². The summed E-state index contributed by atoms with van der Waals surface area (Å²) in [5.41, 5.74) is 1.46. The van der Waals surface area contributed by atoms with Gasteiger partial charge in [0.2, 0.25) is 0 Å². The second-order valence-electron chi connectivity index (χ2n) is 4.64. The lowest BCUT2D eigenvalue weighted by Gasteiger charge is -2.11. The highest BCUT2D eigenvalue weighted by molar-refractivity contribution is 6.06. The highest BCUT2D eigenvalue weighted by Gasteiger charge is 2.04. The van der Waals surface area contributed by atoms with Crippen LogP contribution in [0.5, 0.6) is 5.75 Å². The molecule has 1 aromatic carbocycles. The first-order valence-electron chi connectivity index (χ1n) is 6.55. The number of allylic oxidation sites excluding steroid dienone is 1. The molecule has 0 aliphatic heterocycles. The molecule has 3 nitrogen and oxygen atoms in total. The smallest absolute Gasteiger partial charge is 0.187 e. The lowest BCUT2D eigenvalue weighted by Crippen LogP contribution is -2.06. The number of nitrogens with zero attached hydrogens (tertiary/aromatic N) is 1. The van der Waals surface area contributed by atoms with Crippen molar-refractivity contribution in [3.05, 3.63) is 66.0 Å². The van der Waals surface area contributed by atoms with E-state index in [4.69, 9.17) is 4.74 Å². The van der Waals surface area contributed by atoms with Crippen molar-refractivity contribution in [3.63, 3.8) is 0 Å². The zero-order chi connectivity index (χ0) is 14.4. The van der Waals surface area contributed by atoms with E-state index in [9.17, 15) is 4.79 Å². The van der Waals surface area contributed by atoms with Crippen LogP contribution in [0.25, 0.3) is 6.08 Å². The molecule has 1 aromatic heterocycles. The number of benzene rings is 1. The Bertz CT molecular complexity index is 603. The molecule has 0 spiro atoms. The predicted molar refractivity (Wildman–Crippen MR) is 79.8 cm³/mol. The van der Waals surface area contributed by atoms with Crippen LogP contribution in [-0.4, -0.2) is 16.9 Å². The molecule has 0 fully saturated rings. The van der Waals surface area contributed by atoms with Gasteiger partial charge < -0.3 is 4.74 Å². The maximum Gasteiger partial charge on any atom is 0.187 e. The number of carbonyl (C=O) groups is 1. The Morgan fingerprint density at radius 1 is 1.20 bits per heavy atom. The molecule has 0 saturated heterocycles. The first-order valence-corrected chi connectivity index (χ1v) is 6.55. The normalized spacial score (nSPS) is 10.9. The lowest BCUT2D eigenvalue weighted by atomic mass is 10.1. The van der Waals surface area contributed by atoms with E-state index in [1.807, 2.05) is 38.1 Å². The highest BCUT2D eigenvalue weighted by atomic mass is 16.5. The Morgan fingerprint density at radius 2 is 2.00 bits per heavy atom. The molecular formula is C17H17NO2. The fourth-order valence-corrected chi connectivity index (χ4v) is 1.75. The predicted octanol–water partition coefficient (Wildman–Crippen LogP) is 3.76. The lowest BCUT2D eigenvalue weighted by molar-refractivity contribution is 0.104. The van der Waals surface area contributed by atoms with E-state index in [1.165, 1.54) is 0 Å². The minimum absolute atomic E-state index is 0.0718. The molecule has 1 heterocycles. The molecule has 0 aliphatic carbocycles. The molecule has 0 unspecified atom stereocenters. The average molecular weight is 267 g/mol. The van der Waals surface area contributed by atoms with Crippen molar-refractivity contribution in [2.45, 2.75) is 20.0 Å². The van der Waals surface area contributed by atoms with Gasteiger partial charge in [-0.25, -0.2) is 0 Å². The summed E-state index contributed by atoms with van der Waals surface area (Å²) in [7, 11) is 0. The molecule has 0 N–H and O–H groups in total. The first kappa shape index (κ1) is 14.0. The quantitative estimate of drug-likeness (QED) is 0.611. The van der Waals surface area contributed by atoms with Crippen LogP contribution >= 0.6 is 0 Å². The fraction of sp³-hybridized carbons (Fsp3) is 0.176. The molecule has 0 aliphatic rings. The van der Waals surface area contributed by atoms with E-state index in [-0.39, 0.29) is 11.9 Å². The Hall–Kier alpha value is -2.42. The van der Waals surface area contributed by atoms with Crippen LogP contribution in [0, 0.1) is 0 Å². The minimum Gasteiger partial charge on any atom is -0.490 e. The van der Waals surface area contributed by atoms with E-state index in [2.05, 4.69) is 4.98 Å². The molecule has 0 atom stereocenters. The van der Waals surface area contributed by atoms with Gasteiger partial charge in [-0.05, 0) is 44.2 Å². The number of ether oxygens (including phenoxy) is 1. The Morgan fingerprint density at radius 3 is 2.70 bits per heavy atom. The van der Waals surface area contributed by atoms with Crippen molar-refractivity contribution in [1.29, 1.82) is 0 Å². The summed E-state index contributed by atoms with van der Waals surface area (Å²) >= 11 is 0. The molecule has 20 heavy (non-hydrogen) atoms. The van der Waals surface area contributed by atoms with Crippen LogP contribution < -0.4 is 4.74 Å². The molecule has 2 aromatic rings. The van der Waals surface area contributed by atoms with Crippen LogP contribution in [0.15, 0.2) is 54.9 Å². The van der Waals surface area contributed by atoms with E-state index < -0.39 is 0 Å². The number of pyridine rings is 1. The van der Waals surface area contributed by atoms with Crippen LogP contribution in [0.3, 0.4) is 0 Å². The monoisotopic (exact) mass is 267 g/mol. The number of para-hydroxylation sites is 1. The summed E-state index contributed by atoms with van der Waals surface area (Å²) < 4.78 is 5.71. The SMILES string of the molecule is CC(C)Oc1ccccc1/C=C/C(=O)c1cccnc1. The number of hydrogen-bond acceptors (Lipinski definition) is 3. The third-order valence-corrected chi connectivity index (χ3v) is 2.64. The van der Waals surface area contributed by atoms with E-state index in [0.717, 1.165) is 11.3 Å². The van der Waals surface area contributed by atoms with Crippen LogP contribution in [0.2, 0.25) is 0 Å². The highest BCUT2D eigenvalue weighted by Crippen LogP contribution is 2.21. The van der Waals surface area contributed by atoms with Gasteiger partial charge in [-0.3, -0.25) is 9.78 Å². The largest absolute Gasteiger partial charge is 0.490 e. The summed E-state index contributed by atoms with van der Waals surface area (Å²) in [6, 6.07) is 11.1. The number of aromatic nitrogens is 1. The standard InChI is InChI=1S/C17H17NO2/c1-13(2)20-17-8-4-3-6-14(17)9-10-16(19)15-7-5-11-18-12-15/h3-13H,1-2H3/b10-9+. The maximum absolute atomic E-state index is 12.0. The van der Waals surface area contributed by atoms with Crippen molar-refractivity contribution < 1.29 is 9.53 Å². The number of ketones is 1. The van der Waals surface area contributed by atoms with Gasteiger partial charge in [-0.15, -0.1) is 0 Å². The minimum atomic E-state index is -0.0718. The summed E-state index contributed by atoms with van der Waals surface area (Å²) in [6.45, 7) is 3.95. The van der Waals surface area contributed by atoms with Crippen LogP contribution in [-0.2, 0) is 0 Å². The van der Waals surface area contributed by atoms with Gasteiger partial charge in [-0.1, -0.05) is 18.2 Å². The van der Waals surface area contributed by atoms with Crippen molar-refractivity contribution in [2.24, 2.45) is 0 Å². The summed E-state index contributed by atoms with van der Waals surface area (Å²) in [6.07, 6.45) is 6.61. The van der Waals surface area contributed by atoms with Gasteiger partial charge in [0, 0.05) is 23.5 Å². The number of carbonyl (C=O) groups excluding carboxylic acids is 1. The van der Waals surface area contributed by atoms with Gasteiger partial charge in [-0.2, -0.15) is 0 Å².